The lowest BCUT2D eigenvalue weighted by Gasteiger charge is -2.24. The van der Waals surface area contributed by atoms with Crippen molar-refractivity contribution in [2.75, 3.05) is 4.90 Å². The molecule has 1 aromatic heterocycles. The van der Waals surface area contributed by atoms with E-state index in [-0.39, 0.29) is 17.4 Å². The number of benzene rings is 3. The van der Waals surface area contributed by atoms with Crippen LogP contribution in [-0.4, -0.2) is 14.9 Å². The van der Waals surface area contributed by atoms with Crippen LogP contribution in [0.3, 0.4) is 0 Å². The highest BCUT2D eigenvalue weighted by Crippen LogP contribution is 2.37. The quantitative estimate of drug-likeness (QED) is 0.225. The Hall–Kier alpha value is -3.97. The second kappa shape index (κ2) is 10.1. The van der Waals surface area contributed by atoms with Crippen LogP contribution < -0.4 is 9.64 Å². The van der Waals surface area contributed by atoms with Crippen molar-refractivity contribution in [2.45, 2.75) is 20.0 Å². The molecule has 0 amide bonds. The van der Waals surface area contributed by atoms with Gasteiger partial charge in [0.25, 0.3) is 0 Å². The summed E-state index contributed by atoms with van der Waals surface area (Å²) in [5.74, 6) is 0.462. The first kappa shape index (κ1) is 22.2. The first-order chi connectivity index (χ1) is 16.0. The average Bonchev–Trinajstić information content (AvgIpc) is 2.82. The maximum Gasteiger partial charge on any atom is 0.373 e. The minimum absolute atomic E-state index is 0.127. The maximum atomic E-state index is 12.2. The van der Waals surface area contributed by atoms with Crippen LogP contribution in [0.4, 0.5) is 11.5 Å². The van der Waals surface area contributed by atoms with Crippen molar-refractivity contribution in [1.82, 2.24) is 9.97 Å². The fourth-order valence-corrected chi connectivity index (χ4v) is 3.54. The van der Waals surface area contributed by atoms with E-state index in [1.54, 1.807) is 18.2 Å². The highest BCUT2D eigenvalue weighted by atomic mass is 35.5. The van der Waals surface area contributed by atoms with E-state index in [9.17, 15) is 10.1 Å². The number of halogens is 1. The number of ether oxygens (including phenoxy) is 1. The molecule has 0 aliphatic rings. The summed E-state index contributed by atoms with van der Waals surface area (Å²) in [5.41, 5.74) is 2.49. The van der Waals surface area contributed by atoms with E-state index < -0.39 is 4.92 Å². The molecule has 166 valence electrons. The zero-order valence-corrected chi connectivity index (χ0v) is 18.6. The summed E-state index contributed by atoms with van der Waals surface area (Å²) >= 11 is 6.09. The largest absolute Gasteiger partial charge is 0.434 e. The van der Waals surface area contributed by atoms with Gasteiger partial charge >= 0.3 is 11.6 Å². The summed E-state index contributed by atoms with van der Waals surface area (Å²) in [6.07, 6.45) is 1.28. The summed E-state index contributed by atoms with van der Waals surface area (Å²) in [4.78, 5) is 21.9. The Kier molecular flexibility index (Phi) is 6.80. The van der Waals surface area contributed by atoms with Gasteiger partial charge in [-0.3, -0.25) is 10.1 Å². The van der Waals surface area contributed by atoms with Crippen LogP contribution in [0, 0.1) is 17.0 Å². The first-order valence-electron chi connectivity index (χ1n) is 10.3. The van der Waals surface area contributed by atoms with Crippen molar-refractivity contribution in [3.05, 3.63) is 117 Å². The molecule has 0 radical (unpaired) electrons. The molecule has 0 spiro atoms. The van der Waals surface area contributed by atoms with Gasteiger partial charge in [-0.1, -0.05) is 72.3 Å². The van der Waals surface area contributed by atoms with Crippen molar-refractivity contribution in [3.63, 3.8) is 0 Å². The molecule has 0 fully saturated rings. The van der Waals surface area contributed by atoms with Crippen LogP contribution in [0.2, 0.25) is 5.02 Å². The fraction of sp³-hybridized carbons (Fsp3) is 0.120. The smallest absolute Gasteiger partial charge is 0.373 e. The molecule has 4 rings (SSSR count). The molecule has 3 aromatic carbocycles. The number of nitrogens with zero attached hydrogens (tertiary/aromatic N) is 4. The van der Waals surface area contributed by atoms with E-state index in [1.807, 2.05) is 72.5 Å². The van der Waals surface area contributed by atoms with Crippen molar-refractivity contribution in [3.8, 4) is 11.6 Å². The summed E-state index contributed by atoms with van der Waals surface area (Å²) < 4.78 is 5.82. The molecule has 0 saturated carbocycles. The second-order valence-corrected chi connectivity index (χ2v) is 7.86. The number of aryl methyl sites for hydroxylation is 1. The third-order valence-electron chi connectivity index (χ3n) is 5.03. The first-order valence-corrected chi connectivity index (χ1v) is 10.7. The Bertz CT molecular complexity index is 1210. The van der Waals surface area contributed by atoms with Gasteiger partial charge in [-0.25, -0.2) is 4.98 Å². The normalized spacial score (nSPS) is 10.6. The molecule has 7 nitrogen and oxygen atoms in total. The molecule has 0 atom stereocenters. The molecule has 33 heavy (non-hydrogen) atoms. The Morgan fingerprint density at radius 3 is 2.09 bits per heavy atom. The van der Waals surface area contributed by atoms with Crippen LogP contribution in [0.5, 0.6) is 11.6 Å². The lowest BCUT2D eigenvalue weighted by molar-refractivity contribution is -0.385. The number of hydrogen-bond donors (Lipinski definition) is 0. The third-order valence-corrected chi connectivity index (χ3v) is 5.45. The van der Waals surface area contributed by atoms with Gasteiger partial charge in [0.2, 0.25) is 5.82 Å². The summed E-state index contributed by atoms with van der Waals surface area (Å²) in [7, 11) is 0. The third kappa shape index (κ3) is 5.45. The zero-order chi connectivity index (χ0) is 23.2. The molecule has 0 saturated heterocycles. The Balaban J connectivity index is 1.75. The lowest BCUT2D eigenvalue weighted by atomic mass is 10.1. The van der Waals surface area contributed by atoms with Gasteiger partial charge in [0.15, 0.2) is 0 Å². The molecule has 8 heteroatoms. The summed E-state index contributed by atoms with van der Waals surface area (Å²) in [6.45, 7) is 2.68. The molecular formula is C25H21ClN4O3. The standard InChI is InChI=1S/C25H21ClN4O3/c1-18-14-21(12-13-22(18)26)33-25-23(30(31)32)24(27-17-28-25)29(15-19-8-4-2-5-9-19)16-20-10-6-3-7-11-20/h2-14,17H,15-16H2,1H3. The summed E-state index contributed by atoms with van der Waals surface area (Å²) in [5, 5.41) is 12.7. The topological polar surface area (TPSA) is 81.4 Å². The van der Waals surface area contributed by atoms with E-state index in [2.05, 4.69) is 9.97 Å². The lowest BCUT2D eigenvalue weighted by Crippen LogP contribution is -2.24. The number of rotatable bonds is 8. The van der Waals surface area contributed by atoms with Gasteiger partial charge in [0.1, 0.15) is 12.1 Å². The summed E-state index contributed by atoms with van der Waals surface area (Å²) in [6, 6.07) is 24.5. The van der Waals surface area contributed by atoms with Crippen molar-refractivity contribution in [2.24, 2.45) is 0 Å². The van der Waals surface area contributed by atoms with E-state index in [1.165, 1.54) is 6.33 Å². The van der Waals surface area contributed by atoms with Crippen molar-refractivity contribution >= 4 is 23.1 Å². The number of anilines is 1. The van der Waals surface area contributed by atoms with Crippen LogP contribution in [0.1, 0.15) is 16.7 Å². The van der Waals surface area contributed by atoms with Crippen LogP contribution in [0.25, 0.3) is 0 Å². The predicted octanol–water partition coefficient (Wildman–Crippen LogP) is 6.35. The monoisotopic (exact) mass is 460 g/mol. The van der Waals surface area contributed by atoms with E-state index in [0.29, 0.717) is 23.9 Å². The van der Waals surface area contributed by atoms with Crippen molar-refractivity contribution < 1.29 is 9.66 Å². The Morgan fingerprint density at radius 2 is 1.55 bits per heavy atom. The van der Waals surface area contributed by atoms with Gasteiger partial charge < -0.3 is 9.64 Å². The van der Waals surface area contributed by atoms with Gasteiger partial charge in [0.05, 0.1) is 4.92 Å². The van der Waals surface area contributed by atoms with E-state index in [0.717, 1.165) is 16.7 Å². The molecule has 0 N–H and O–H groups in total. The Morgan fingerprint density at radius 1 is 0.939 bits per heavy atom. The predicted molar refractivity (Wildman–Crippen MR) is 128 cm³/mol. The second-order valence-electron chi connectivity index (χ2n) is 7.45. The number of aromatic nitrogens is 2. The minimum atomic E-state index is -0.504. The zero-order valence-electron chi connectivity index (χ0n) is 17.9. The highest BCUT2D eigenvalue weighted by molar-refractivity contribution is 6.31. The molecule has 0 aliphatic carbocycles. The fourth-order valence-electron chi connectivity index (χ4n) is 3.43. The van der Waals surface area contributed by atoms with Crippen molar-refractivity contribution in [1.29, 1.82) is 0 Å². The maximum absolute atomic E-state index is 12.2. The number of hydrogen-bond acceptors (Lipinski definition) is 6. The van der Waals surface area contributed by atoms with Crippen LogP contribution in [0.15, 0.2) is 85.2 Å². The number of nitro groups is 1. The van der Waals surface area contributed by atoms with E-state index >= 15 is 0 Å². The van der Waals surface area contributed by atoms with Crippen LogP contribution in [-0.2, 0) is 13.1 Å². The molecule has 0 aliphatic heterocycles. The van der Waals surface area contributed by atoms with Gasteiger partial charge in [-0.2, -0.15) is 4.98 Å². The van der Waals surface area contributed by atoms with Crippen LogP contribution >= 0.6 is 11.6 Å². The molecule has 0 bridgehead atoms. The minimum Gasteiger partial charge on any atom is -0.434 e. The van der Waals surface area contributed by atoms with Gasteiger partial charge in [-0.15, -0.1) is 0 Å². The van der Waals surface area contributed by atoms with E-state index in [4.69, 9.17) is 16.3 Å². The molecule has 1 heterocycles. The average molecular weight is 461 g/mol. The SMILES string of the molecule is Cc1cc(Oc2ncnc(N(Cc3ccccc3)Cc3ccccc3)c2[N+](=O)[O-])ccc1Cl. The molecular weight excluding hydrogens is 440 g/mol. The highest BCUT2D eigenvalue weighted by Gasteiger charge is 2.29. The molecule has 4 aromatic rings. The van der Waals surface area contributed by atoms with Gasteiger partial charge in [-0.05, 0) is 41.8 Å². The Labute approximate surface area is 196 Å². The molecule has 0 unspecified atom stereocenters. The van der Waals surface area contributed by atoms with Gasteiger partial charge in [0, 0.05) is 18.1 Å².